The number of hydrogen-bond acceptors (Lipinski definition) is 4. The van der Waals surface area contributed by atoms with Crippen molar-refractivity contribution in [3.8, 4) is 11.3 Å². The fourth-order valence-electron chi connectivity index (χ4n) is 3.17. The molecule has 2 atom stereocenters. The zero-order valence-electron chi connectivity index (χ0n) is 14.3. The van der Waals surface area contributed by atoms with Crippen molar-refractivity contribution in [3.05, 3.63) is 46.8 Å². The Bertz CT molecular complexity index is 767. The van der Waals surface area contributed by atoms with Gasteiger partial charge in [-0.2, -0.15) is 5.10 Å². The van der Waals surface area contributed by atoms with Gasteiger partial charge in [-0.15, -0.1) is 0 Å². The third-order valence-corrected chi connectivity index (χ3v) is 4.58. The molecule has 6 nitrogen and oxygen atoms in total. The summed E-state index contributed by atoms with van der Waals surface area (Å²) in [6.07, 6.45) is 4.79. The van der Waals surface area contributed by atoms with Crippen molar-refractivity contribution in [1.82, 2.24) is 10.2 Å². The van der Waals surface area contributed by atoms with Crippen LogP contribution < -0.4 is 10.9 Å². The predicted molar refractivity (Wildman–Crippen MR) is 96.3 cm³/mol. The maximum atomic E-state index is 12.2. The lowest BCUT2D eigenvalue weighted by Gasteiger charge is -2.28. The molecule has 1 amide bonds. The first-order valence-corrected chi connectivity index (χ1v) is 8.69. The van der Waals surface area contributed by atoms with Gasteiger partial charge < -0.3 is 10.1 Å². The largest absolute Gasteiger partial charge is 0.368 e. The number of hydrogen-bond donors (Lipinski definition) is 2. The van der Waals surface area contributed by atoms with Crippen molar-refractivity contribution in [2.75, 3.05) is 11.9 Å². The van der Waals surface area contributed by atoms with E-state index in [0.29, 0.717) is 17.3 Å². The van der Waals surface area contributed by atoms with Gasteiger partial charge in [0.1, 0.15) is 6.61 Å². The Morgan fingerprint density at radius 2 is 2.12 bits per heavy atom. The van der Waals surface area contributed by atoms with Crippen molar-refractivity contribution < 1.29 is 9.53 Å². The molecule has 2 N–H and O–H groups in total. The summed E-state index contributed by atoms with van der Waals surface area (Å²) < 4.78 is 5.79. The number of carbonyl (C=O) groups is 1. The summed E-state index contributed by atoms with van der Waals surface area (Å²) in [5, 5.41) is 9.26. The Hall–Kier alpha value is -2.47. The molecule has 0 aliphatic heterocycles. The van der Waals surface area contributed by atoms with Crippen LogP contribution in [0.15, 0.2) is 41.2 Å². The van der Waals surface area contributed by atoms with Crippen LogP contribution in [0, 0.1) is 5.92 Å². The van der Waals surface area contributed by atoms with Crippen LogP contribution in [0.1, 0.15) is 32.6 Å². The van der Waals surface area contributed by atoms with Gasteiger partial charge in [0.05, 0.1) is 11.8 Å². The van der Waals surface area contributed by atoms with E-state index in [2.05, 4.69) is 22.4 Å². The zero-order valence-corrected chi connectivity index (χ0v) is 14.3. The average molecular weight is 341 g/mol. The molecule has 3 rings (SSSR count). The molecule has 132 valence electrons. The van der Waals surface area contributed by atoms with Gasteiger partial charge in [0.15, 0.2) is 0 Å². The maximum absolute atomic E-state index is 12.2. The van der Waals surface area contributed by atoms with E-state index in [-0.39, 0.29) is 24.2 Å². The number of nitrogens with zero attached hydrogens (tertiary/aromatic N) is 1. The number of aromatic nitrogens is 2. The number of carbonyl (C=O) groups excluding carboxylic acids is 1. The first kappa shape index (κ1) is 17.4. The number of anilines is 1. The number of ether oxygens (including phenoxy) is 1. The quantitative estimate of drug-likeness (QED) is 0.876. The molecule has 1 heterocycles. The van der Waals surface area contributed by atoms with Crippen LogP contribution in [0.5, 0.6) is 0 Å². The van der Waals surface area contributed by atoms with Crippen molar-refractivity contribution >= 4 is 11.6 Å². The van der Waals surface area contributed by atoms with Crippen LogP contribution in [0.4, 0.5) is 5.69 Å². The number of aromatic amines is 1. The molecule has 2 unspecified atom stereocenters. The number of rotatable bonds is 5. The summed E-state index contributed by atoms with van der Waals surface area (Å²) in [7, 11) is 0. The number of benzene rings is 1. The highest BCUT2D eigenvalue weighted by atomic mass is 16.5. The minimum atomic E-state index is -0.248. The van der Waals surface area contributed by atoms with E-state index in [1.165, 1.54) is 25.3 Å². The lowest BCUT2D eigenvalue weighted by atomic mass is 9.88. The fourth-order valence-corrected chi connectivity index (χ4v) is 3.17. The van der Waals surface area contributed by atoms with E-state index in [4.69, 9.17) is 4.74 Å². The monoisotopic (exact) mass is 341 g/mol. The minimum Gasteiger partial charge on any atom is -0.368 e. The van der Waals surface area contributed by atoms with Gasteiger partial charge in [-0.05, 0) is 37.0 Å². The van der Waals surface area contributed by atoms with E-state index < -0.39 is 0 Å². The molecule has 1 saturated carbocycles. The van der Waals surface area contributed by atoms with E-state index in [9.17, 15) is 9.59 Å². The summed E-state index contributed by atoms with van der Waals surface area (Å²) in [6, 6.07) is 10.4. The SMILES string of the molecule is CC1CCCCC1OCC(=O)Nc1cccc(-c2ccc(=O)[nH]n2)c1. The van der Waals surface area contributed by atoms with E-state index in [1.807, 2.05) is 24.3 Å². The highest BCUT2D eigenvalue weighted by Gasteiger charge is 2.22. The molecule has 0 radical (unpaired) electrons. The van der Waals surface area contributed by atoms with Gasteiger partial charge in [-0.1, -0.05) is 31.9 Å². The lowest BCUT2D eigenvalue weighted by Crippen LogP contribution is -2.29. The number of nitrogens with one attached hydrogen (secondary N) is 2. The molecule has 1 aromatic heterocycles. The Morgan fingerprint density at radius 3 is 2.88 bits per heavy atom. The molecule has 0 bridgehead atoms. The van der Waals surface area contributed by atoms with E-state index in [0.717, 1.165) is 12.0 Å². The van der Waals surface area contributed by atoms with Gasteiger partial charge in [0, 0.05) is 17.3 Å². The summed E-state index contributed by atoms with van der Waals surface area (Å²) in [5.41, 5.74) is 1.89. The molecule has 1 aliphatic carbocycles. The molecule has 1 aliphatic rings. The predicted octanol–water partition coefficient (Wildman–Crippen LogP) is 2.97. The minimum absolute atomic E-state index is 0.0656. The number of amides is 1. The molecule has 2 aromatic rings. The fraction of sp³-hybridized carbons (Fsp3) is 0.421. The second-order valence-electron chi connectivity index (χ2n) is 6.55. The summed E-state index contributed by atoms with van der Waals surface area (Å²) in [5.74, 6) is 0.348. The molecule has 1 aromatic carbocycles. The Labute approximate surface area is 146 Å². The molecular weight excluding hydrogens is 318 g/mol. The smallest absolute Gasteiger partial charge is 0.264 e. The highest BCUT2D eigenvalue weighted by molar-refractivity contribution is 5.92. The van der Waals surface area contributed by atoms with Gasteiger partial charge >= 0.3 is 0 Å². The van der Waals surface area contributed by atoms with Gasteiger partial charge in [-0.3, -0.25) is 9.59 Å². The third-order valence-electron chi connectivity index (χ3n) is 4.58. The molecule has 25 heavy (non-hydrogen) atoms. The van der Waals surface area contributed by atoms with Crippen LogP contribution in [0.25, 0.3) is 11.3 Å². The second-order valence-corrected chi connectivity index (χ2v) is 6.55. The van der Waals surface area contributed by atoms with Crippen molar-refractivity contribution in [1.29, 1.82) is 0 Å². The standard InChI is InChI=1S/C19H23N3O3/c1-13-5-2-3-8-17(13)25-12-19(24)20-15-7-4-6-14(11-15)16-9-10-18(23)22-21-16/h4,6-7,9-11,13,17H,2-3,5,8,12H2,1H3,(H,20,24)(H,22,23). The highest BCUT2D eigenvalue weighted by Crippen LogP contribution is 2.26. The lowest BCUT2D eigenvalue weighted by molar-refractivity contribution is -0.124. The first-order valence-electron chi connectivity index (χ1n) is 8.69. The van der Waals surface area contributed by atoms with Gasteiger partial charge in [-0.25, -0.2) is 5.10 Å². The third kappa shape index (κ3) is 4.76. The van der Waals surface area contributed by atoms with Crippen LogP contribution in [-0.4, -0.2) is 28.8 Å². The Balaban J connectivity index is 1.59. The van der Waals surface area contributed by atoms with Crippen LogP contribution >= 0.6 is 0 Å². The Morgan fingerprint density at radius 1 is 1.28 bits per heavy atom. The summed E-state index contributed by atoms with van der Waals surface area (Å²) in [6.45, 7) is 2.25. The van der Waals surface area contributed by atoms with Crippen molar-refractivity contribution in [2.24, 2.45) is 5.92 Å². The maximum Gasteiger partial charge on any atom is 0.264 e. The summed E-state index contributed by atoms with van der Waals surface area (Å²) >= 11 is 0. The Kier molecular flexibility index (Phi) is 5.60. The zero-order chi connectivity index (χ0) is 17.6. The first-order chi connectivity index (χ1) is 12.1. The summed E-state index contributed by atoms with van der Waals surface area (Å²) in [4.78, 5) is 23.3. The topological polar surface area (TPSA) is 84.1 Å². The van der Waals surface area contributed by atoms with E-state index >= 15 is 0 Å². The van der Waals surface area contributed by atoms with Crippen LogP contribution in [0.3, 0.4) is 0 Å². The van der Waals surface area contributed by atoms with Gasteiger partial charge in [0.25, 0.3) is 5.56 Å². The molecule has 0 saturated heterocycles. The van der Waals surface area contributed by atoms with E-state index in [1.54, 1.807) is 6.07 Å². The van der Waals surface area contributed by atoms with Gasteiger partial charge in [0.2, 0.25) is 5.91 Å². The van der Waals surface area contributed by atoms with Crippen LogP contribution in [-0.2, 0) is 9.53 Å². The van der Waals surface area contributed by atoms with Crippen LogP contribution in [0.2, 0.25) is 0 Å². The molecule has 0 spiro atoms. The molecular formula is C19H23N3O3. The number of H-pyrrole nitrogens is 1. The van der Waals surface area contributed by atoms with Crippen molar-refractivity contribution in [3.63, 3.8) is 0 Å². The second kappa shape index (κ2) is 8.07. The van der Waals surface area contributed by atoms with Crippen molar-refractivity contribution in [2.45, 2.75) is 38.7 Å². The molecule has 1 fully saturated rings. The molecule has 6 heteroatoms. The normalized spacial score (nSPS) is 20.2. The average Bonchev–Trinajstić information content (AvgIpc) is 2.62.